The van der Waals surface area contributed by atoms with Gasteiger partial charge in [-0.3, -0.25) is 0 Å². The Morgan fingerprint density at radius 2 is 2.22 bits per heavy atom. The average molecular weight is 296 g/mol. The molecule has 0 N–H and O–H groups in total. The van der Waals surface area contributed by atoms with Crippen molar-refractivity contribution in [1.82, 2.24) is 0 Å². The Bertz CT molecular complexity index is 185. The number of hydrogen-bond acceptors (Lipinski definition) is 1. The van der Waals surface area contributed by atoms with Gasteiger partial charge < -0.3 is 0 Å². The molecule has 0 radical (unpaired) electrons. The van der Waals surface area contributed by atoms with Crippen LogP contribution < -0.4 is 0 Å². The average Bonchev–Trinajstić information content (AvgIpc) is 1.90. The molecule has 9 heavy (non-hydrogen) atoms. The van der Waals surface area contributed by atoms with Gasteiger partial charge in [0, 0.05) is 31.8 Å². The van der Waals surface area contributed by atoms with Gasteiger partial charge in [0.15, 0.2) is 0 Å². The minimum atomic E-state index is 0. The van der Waals surface area contributed by atoms with Crippen molar-refractivity contribution in [2.24, 2.45) is 0 Å². The van der Waals surface area contributed by atoms with E-state index in [-0.39, 0.29) is 19.8 Å². The maximum atomic E-state index is 9.91. The molecule has 0 aromatic rings. The third kappa shape index (κ3) is 2.56. The third-order valence-corrected chi connectivity index (χ3v) is 1.01. The standard InChI is InChI=1S/C7H6O.Os/c8-6-7-4-2-1-3-5-7;/h1-4H,5H2;. The summed E-state index contributed by atoms with van der Waals surface area (Å²) in [6, 6.07) is 0. The van der Waals surface area contributed by atoms with Gasteiger partial charge in [-0.25, -0.2) is 4.79 Å². The molecule has 0 amide bonds. The van der Waals surface area contributed by atoms with Crippen LogP contribution in [-0.2, 0) is 24.6 Å². The summed E-state index contributed by atoms with van der Waals surface area (Å²) in [6.45, 7) is 0. The molecular formula is C7H6OOs. The summed E-state index contributed by atoms with van der Waals surface area (Å²) in [4.78, 5) is 9.91. The van der Waals surface area contributed by atoms with Crippen LogP contribution in [0.3, 0.4) is 0 Å². The van der Waals surface area contributed by atoms with Crippen LogP contribution in [0.2, 0.25) is 0 Å². The summed E-state index contributed by atoms with van der Waals surface area (Å²) in [5.74, 6) is 1.83. The van der Waals surface area contributed by atoms with Crippen molar-refractivity contribution in [2.75, 3.05) is 0 Å². The summed E-state index contributed by atoms with van der Waals surface area (Å²) in [5, 5.41) is 0. The minimum Gasteiger partial charge on any atom is -0.233 e. The third-order valence-electron chi connectivity index (χ3n) is 1.01. The molecule has 2 heteroatoms. The summed E-state index contributed by atoms with van der Waals surface area (Å²) in [7, 11) is 0. The van der Waals surface area contributed by atoms with Gasteiger partial charge >= 0.3 is 0 Å². The summed E-state index contributed by atoms with van der Waals surface area (Å²) >= 11 is 0. The van der Waals surface area contributed by atoms with E-state index in [1.807, 2.05) is 24.2 Å². The van der Waals surface area contributed by atoms with Crippen LogP contribution in [0.4, 0.5) is 0 Å². The normalized spacial score (nSPS) is 14.4. The molecule has 0 aromatic carbocycles. The number of rotatable bonds is 0. The fourth-order valence-corrected chi connectivity index (χ4v) is 0.589. The van der Waals surface area contributed by atoms with Crippen LogP contribution in [0.15, 0.2) is 29.9 Å². The van der Waals surface area contributed by atoms with E-state index in [1.165, 1.54) is 0 Å². The molecule has 1 aliphatic rings. The van der Waals surface area contributed by atoms with Crippen molar-refractivity contribution in [3.05, 3.63) is 29.9 Å². The molecule has 0 bridgehead atoms. The van der Waals surface area contributed by atoms with Crippen LogP contribution in [0.1, 0.15) is 6.42 Å². The molecule has 1 nitrogen and oxygen atoms in total. The Balaban J connectivity index is 0.000000640. The number of carbonyl (C=O) groups excluding carboxylic acids is 1. The maximum Gasteiger partial charge on any atom is 0.128 e. The topological polar surface area (TPSA) is 17.1 Å². The van der Waals surface area contributed by atoms with Crippen molar-refractivity contribution in [2.45, 2.75) is 6.42 Å². The molecule has 0 heterocycles. The Labute approximate surface area is 67.2 Å². The van der Waals surface area contributed by atoms with E-state index in [0.717, 1.165) is 12.0 Å². The molecule has 1 aliphatic carbocycles. The molecule has 0 fully saturated rings. The predicted octanol–water partition coefficient (Wildman–Crippen LogP) is 1.26. The van der Waals surface area contributed by atoms with Gasteiger partial charge in [0.05, 0.1) is 0 Å². The van der Waals surface area contributed by atoms with E-state index in [9.17, 15) is 4.79 Å². The first kappa shape index (κ1) is 8.57. The van der Waals surface area contributed by atoms with E-state index >= 15 is 0 Å². The van der Waals surface area contributed by atoms with E-state index in [0.29, 0.717) is 0 Å². The van der Waals surface area contributed by atoms with Crippen LogP contribution in [0.5, 0.6) is 0 Å². The monoisotopic (exact) mass is 298 g/mol. The summed E-state index contributed by atoms with van der Waals surface area (Å²) < 4.78 is 0. The first-order valence-electron chi connectivity index (χ1n) is 2.50. The van der Waals surface area contributed by atoms with Gasteiger partial charge in [-0.1, -0.05) is 18.2 Å². The largest absolute Gasteiger partial charge is 0.233 e. The second-order valence-corrected chi connectivity index (χ2v) is 1.62. The molecule has 0 aliphatic heterocycles. The van der Waals surface area contributed by atoms with Crippen molar-refractivity contribution in [1.29, 1.82) is 0 Å². The summed E-state index contributed by atoms with van der Waals surface area (Å²) in [5.41, 5.74) is 0.729. The zero-order valence-corrected chi connectivity index (χ0v) is 7.32. The van der Waals surface area contributed by atoms with Crippen LogP contribution in [0, 0.1) is 0 Å². The molecule has 0 saturated carbocycles. The van der Waals surface area contributed by atoms with Gasteiger partial charge in [-0.2, -0.15) is 0 Å². The zero-order chi connectivity index (χ0) is 5.82. The van der Waals surface area contributed by atoms with Gasteiger partial charge in [-0.15, -0.1) is 0 Å². The molecule has 0 atom stereocenters. The Morgan fingerprint density at radius 3 is 2.56 bits per heavy atom. The SMILES string of the molecule is O=C=C1C=CC=CC1.[Os]. The molecule has 48 valence electrons. The fraction of sp³-hybridized carbons (Fsp3) is 0.143. The minimum absolute atomic E-state index is 0. The zero-order valence-electron chi connectivity index (χ0n) is 4.78. The first-order chi connectivity index (χ1) is 3.93. The first-order valence-corrected chi connectivity index (χ1v) is 2.50. The van der Waals surface area contributed by atoms with Gasteiger partial charge in [0.2, 0.25) is 0 Å². The second-order valence-electron chi connectivity index (χ2n) is 1.62. The van der Waals surface area contributed by atoms with Crippen molar-refractivity contribution in [3.63, 3.8) is 0 Å². The maximum absolute atomic E-state index is 9.91. The van der Waals surface area contributed by atoms with Crippen molar-refractivity contribution >= 4 is 5.94 Å². The molecule has 0 unspecified atom stereocenters. The second kappa shape index (κ2) is 4.45. The van der Waals surface area contributed by atoms with Crippen LogP contribution in [-0.4, -0.2) is 5.94 Å². The molecule has 1 rings (SSSR count). The van der Waals surface area contributed by atoms with E-state index in [2.05, 4.69) is 0 Å². The van der Waals surface area contributed by atoms with E-state index in [1.54, 1.807) is 6.08 Å². The smallest absolute Gasteiger partial charge is 0.128 e. The Hall–Kier alpha value is -0.434. The molecule has 0 spiro atoms. The molecule has 0 aromatic heterocycles. The van der Waals surface area contributed by atoms with Gasteiger partial charge in [0.1, 0.15) is 5.94 Å². The van der Waals surface area contributed by atoms with Crippen LogP contribution >= 0.6 is 0 Å². The van der Waals surface area contributed by atoms with E-state index in [4.69, 9.17) is 0 Å². The number of allylic oxidation sites excluding steroid dienone is 5. The van der Waals surface area contributed by atoms with Crippen molar-refractivity contribution in [3.8, 4) is 0 Å². The van der Waals surface area contributed by atoms with Crippen LogP contribution in [0.25, 0.3) is 0 Å². The number of hydrogen-bond donors (Lipinski definition) is 0. The molecular weight excluding hydrogens is 290 g/mol. The van der Waals surface area contributed by atoms with E-state index < -0.39 is 0 Å². The van der Waals surface area contributed by atoms with Crippen molar-refractivity contribution < 1.29 is 24.6 Å². The summed E-state index contributed by atoms with van der Waals surface area (Å²) in [6.07, 6.45) is 8.19. The Kier molecular flexibility index (Phi) is 4.23. The Morgan fingerprint density at radius 1 is 1.44 bits per heavy atom. The predicted molar refractivity (Wildman–Crippen MR) is 32.1 cm³/mol. The van der Waals surface area contributed by atoms with Gasteiger partial charge in [-0.05, 0) is 6.08 Å². The quantitative estimate of drug-likeness (QED) is 0.615. The van der Waals surface area contributed by atoms with Gasteiger partial charge in [0.25, 0.3) is 0 Å². The molecule has 0 saturated heterocycles. The fourth-order valence-electron chi connectivity index (χ4n) is 0.589.